The van der Waals surface area contributed by atoms with E-state index in [-0.39, 0.29) is 37.1 Å². The van der Waals surface area contributed by atoms with Gasteiger partial charge in [-0.1, -0.05) is 22.0 Å². The summed E-state index contributed by atoms with van der Waals surface area (Å²) < 4.78 is 39.7. The summed E-state index contributed by atoms with van der Waals surface area (Å²) in [5.74, 6) is -0.237. The molecule has 4 fully saturated rings. The predicted molar refractivity (Wildman–Crippen MR) is 101 cm³/mol. The van der Waals surface area contributed by atoms with E-state index in [9.17, 15) is 22.8 Å². The first-order valence-corrected chi connectivity index (χ1v) is 10.1. The fourth-order valence-corrected chi connectivity index (χ4v) is 5.49. The number of nitrogens with zero attached hydrogens (tertiary/aromatic N) is 1. The van der Waals surface area contributed by atoms with E-state index in [1.807, 2.05) is 24.1 Å². The Hall–Kier alpha value is -1.41. The highest BCUT2D eigenvalue weighted by Gasteiger charge is 2.78. The molecule has 0 aliphatic heterocycles. The minimum absolute atomic E-state index is 0.00360. The van der Waals surface area contributed by atoms with Gasteiger partial charge >= 0.3 is 6.18 Å². The maximum atomic E-state index is 12.9. The van der Waals surface area contributed by atoms with Crippen LogP contribution in [0.25, 0.3) is 0 Å². The van der Waals surface area contributed by atoms with Gasteiger partial charge in [0.05, 0.1) is 12.0 Å². The van der Waals surface area contributed by atoms with Crippen molar-refractivity contribution in [2.75, 3.05) is 20.1 Å². The Bertz CT molecular complexity index is 815. The van der Waals surface area contributed by atoms with Crippen molar-refractivity contribution in [3.05, 3.63) is 33.8 Å². The van der Waals surface area contributed by atoms with Crippen molar-refractivity contribution < 1.29 is 22.8 Å². The van der Waals surface area contributed by atoms with Gasteiger partial charge in [-0.05, 0) is 56.8 Å². The Labute approximate surface area is 170 Å². The van der Waals surface area contributed by atoms with Crippen molar-refractivity contribution in [1.82, 2.24) is 10.2 Å². The predicted octanol–water partition coefficient (Wildman–Crippen LogP) is 3.83. The number of benzene rings is 1. The Morgan fingerprint density at radius 2 is 1.93 bits per heavy atom. The normalized spacial score (nSPS) is 29.6. The summed E-state index contributed by atoms with van der Waals surface area (Å²) in [6.07, 6.45) is -1.43. The minimum atomic E-state index is -4.17. The van der Waals surface area contributed by atoms with Gasteiger partial charge in [-0.25, -0.2) is 0 Å². The fourth-order valence-electron chi connectivity index (χ4n) is 5.13. The van der Waals surface area contributed by atoms with Crippen molar-refractivity contribution in [1.29, 1.82) is 0 Å². The average Bonchev–Trinajstić information content (AvgIpc) is 3.28. The number of carbonyl (C=O) groups excluding carboxylic acids is 2. The molecule has 0 aromatic heterocycles. The number of aldehydes is 1. The van der Waals surface area contributed by atoms with E-state index in [4.69, 9.17) is 0 Å². The van der Waals surface area contributed by atoms with Crippen molar-refractivity contribution in [3.63, 3.8) is 0 Å². The van der Waals surface area contributed by atoms with Crippen LogP contribution >= 0.6 is 15.9 Å². The van der Waals surface area contributed by atoms with Crippen LogP contribution < -0.4 is 5.32 Å². The molecule has 1 aromatic rings. The second-order valence-corrected chi connectivity index (χ2v) is 9.85. The maximum Gasteiger partial charge on any atom is 0.394 e. The summed E-state index contributed by atoms with van der Waals surface area (Å²) in [5, 5.41) is 2.82. The summed E-state index contributed by atoms with van der Waals surface area (Å²) in [6, 6.07) is 5.58. The Morgan fingerprint density at radius 3 is 2.46 bits per heavy atom. The Balaban J connectivity index is 1.33. The van der Waals surface area contributed by atoms with Crippen LogP contribution in [0.3, 0.4) is 0 Å². The molecule has 0 unspecified atom stereocenters. The highest BCUT2D eigenvalue weighted by atomic mass is 79.9. The summed E-state index contributed by atoms with van der Waals surface area (Å²) in [7, 11) is 1.83. The van der Waals surface area contributed by atoms with Gasteiger partial charge in [0, 0.05) is 27.5 Å². The van der Waals surface area contributed by atoms with Gasteiger partial charge in [0.1, 0.15) is 6.29 Å². The van der Waals surface area contributed by atoms with Crippen LogP contribution in [-0.4, -0.2) is 48.9 Å². The first-order chi connectivity index (χ1) is 13.0. The average molecular weight is 459 g/mol. The summed E-state index contributed by atoms with van der Waals surface area (Å²) >= 11 is 3.45. The van der Waals surface area contributed by atoms with Crippen LogP contribution in [0.4, 0.5) is 13.2 Å². The van der Waals surface area contributed by atoms with E-state index >= 15 is 0 Å². The molecule has 0 heterocycles. The molecule has 5 rings (SSSR count). The molecular formula is C20H22BrF3N2O2. The van der Waals surface area contributed by atoms with E-state index in [0.717, 1.165) is 29.2 Å². The number of hydrogen-bond donors (Lipinski definition) is 1. The number of alkyl halides is 3. The molecule has 4 saturated carbocycles. The highest BCUT2D eigenvalue weighted by molar-refractivity contribution is 9.10. The van der Waals surface area contributed by atoms with Gasteiger partial charge in [-0.2, -0.15) is 13.2 Å². The highest BCUT2D eigenvalue weighted by Crippen LogP contribution is 2.73. The lowest BCUT2D eigenvalue weighted by atomic mass is 9.39. The SMILES string of the molecule is CN(CC(=O)NC12CC(C(F)(F)F)(C1)C2)CC1(c2cc(Br)ccc2C=O)CC1. The van der Waals surface area contributed by atoms with Crippen LogP contribution in [0.1, 0.15) is 48.0 Å². The standard InChI is InChI=1S/C20H22BrF3N2O2/c1-26(7-16(28)25-19-9-18(10-19,11-19)20(22,23)24)12-17(4-5-17)15-6-14(21)3-2-13(15)8-27/h2-3,6,8H,4-5,7,9-12H2,1H3,(H,25,28). The minimum Gasteiger partial charge on any atom is -0.349 e. The molecule has 0 saturated heterocycles. The molecule has 28 heavy (non-hydrogen) atoms. The molecule has 1 aromatic carbocycles. The van der Waals surface area contributed by atoms with Gasteiger partial charge in [-0.15, -0.1) is 0 Å². The molecule has 0 spiro atoms. The van der Waals surface area contributed by atoms with Gasteiger partial charge in [0.15, 0.2) is 0 Å². The molecular weight excluding hydrogens is 437 g/mol. The number of amides is 1. The lowest BCUT2D eigenvalue weighted by Gasteiger charge is -2.70. The molecule has 8 heteroatoms. The van der Waals surface area contributed by atoms with Crippen LogP contribution in [0.5, 0.6) is 0 Å². The second-order valence-electron chi connectivity index (χ2n) is 8.94. The molecule has 0 atom stereocenters. The van der Waals surface area contributed by atoms with E-state index in [1.165, 1.54) is 0 Å². The number of nitrogens with one attached hydrogen (secondary N) is 1. The van der Waals surface area contributed by atoms with Gasteiger partial charge < -0.3 is 5.32 Å². The van der Waals surface area contributed by atoms with Crippen LogP contribution in [0.2, 0.25) is 0 Å². The zero-order valence-corrected chi connectivity index (χ0v) is 17.1. The van der Waals surface area contributed by atoms with Crippen LogP contribution in [0.15, 0.2) is 22.7 Å². The van der Waals surface area contributed by atoms with Gasteiger partial charge in [0.25, 0.3) is 0 Å². The fraction of sp³-hybridized carbons (Fsp3) is 0.600. The number of likely N-dealkylation sites (N-methyl/N-ethyl adjacent to an activating group) is 1. The van der Waals surface area contributed by atoms with Crippen LogP contribution in [-0.2, 0) is 10.2 Å². The number of rotatable bonds is 7. The lowest BCUT2D eigenvalue weighted by molar-refractivity contribution is -0.337. The third-order valence-electron chi connectivity index (χ3n) is 6.59. The summed E-state index contributed by atoms with van der Waals surface area (Å²) in [4.78, 5) is 25.7. The molecule has 1 amide bonds. The van der Waals surface area contributed by atoms with Crippen molar-refractivity contribution in [2.45, 2.75) is 49.2 Å². The van der Waals surface area contributed by atoms with Gasteiger partial charge in [0.2, 0.25) is 5.91 Å². The van der Waals surface area contributed by atoms with E-state index in [1.54, 1.807) is 6.07 Å². The Kier molecular flexibility index (Phi) is 4.47. The number of hydrogen-bond acceptors (Lipinski definition) is 3. The second kappa shape index (κ2) is 6.29. The largest absolute Gasteiger partial charge is 0.394 e. The Morgan fingerprint density at radius 1 is 1.29 bits per heavy atom. The molecule has 4 aliphatic rings. The van der Waals surface area contributed by atoms with Gasteiger partial charge in [-0.3, -0.25) is 14.5 Å². The molecule has 0 radical (unpaired) electrons. The molecule has 152 valence electrons. The molecule has 4 aliphatic carbocycles. The molecule has 2 bridgehead atoms. The quantitative estimate of drug-likeness (QED) is 0.631. The van der Waals surface area contributed by atoms with E-state index in [0.29, 0.717) is 12.1 Å². The summed E-state index contributed by atoms with van der Waals surface area (Å²) in [6.45, 7) is 0.754. The number of halogens is 4. The zero-order valence-electron chi connectivity index (χ0n) is 15.5. The first-order valence-electron chi connectivity index (χ1n) is 9.34. The monoisotopic (exact) mass is 458 g/mol. The smallest absolute Gasteiger partial charge is 0.349 e. The third-order valence-corrected chi connectivity index (χ3v) is 7.08. The number of carbonyl (C=O) groups is 2. The van der Waals surface area contributed by atoms with E-state index < -0.39 is 17.1 Å². The first kappa shape index (κ1) is 19.9. The van der Waals surface area contributed by atoms with E-state index in [2.05, 4.69) is 21.2 Å². The van der Waals surface area contributed by atoms with Crippen molar-refractivity contribution in [3.8, 4) is 0 Å². The summed E-state index contributed by atoms with van der Waals surface area (Å²) in [5.41, 5.74) is -0.720. The topological polar surface area (TPSA) is 49.4 Å². The van der Waals surface area contributed by atoms with Crippen LogP contribution in [0, 0.1) is 5.41 Å². The molecule has 1 N–H and O–H groups in total. The third kappa shape index (κ3) is 3.18. The maximum absolute atomic E-state index is 12.9. The zero-order chi connectivity index (χ0) is 20.4. The van der Waals surface area contributed by atoms with Crippen molar-refractivity contribution in [2.24, 2.45) is 5.41 Å². The lowest BCUT2D eigenvalue weighted by Crippen LogP contribution is -2.79. The molecule has 4 nitrogen and oxygen atoms in total. The van der Waals surface area contributed by atoms with Crippen molar-refractivity contribution >= 4 is 28.1 Å².